The summed E-state index contributed by atoms with van der Waals surface area (Å²) in [7, 11) is 0. The molecule has 3 aromatic carbocycles. The highest BCUT2D eigenvalue weighted by Crippen LogP contribution is 2.34. The zero-order chi connectivity index (χ0) is 26.9. The molecule has 1 fully saturated rings. The maximum absolute atomic E-state index is 13.1. The van der Waals surface area contributed by atoms with E-state index in [-0.39, 0.29) is 43.0 Å². The topological polar surface area (TPSA) is 71.4 Å². The first-order valence-corrected chi connectivity index (χ1v) is 12.2. The van der Waals surface area contributed by atoms with Gasteiger partial charge in [0.1, 0.15) is 6.61 Å². The summed E-state index contributed by atoms with van der Waals surface area (Å²) >= 11 is 0. The van der Waals surface area contributed by atoms with Gasteiger partial charge in [-0.05, 0) is 55.0 Å². The molecule has 4 rings (SSSR count). The molecule has 0 saturated carbocycles. The third kappa shape index (κ3) is 6.25. The molecule has 0 N–H and O–H groups in total. The SMILES string of the molecule is C=CCN=C1OC(=Cc2ccc(N(c3ccccc3)c3ccccc3)cc2)C(=O)N1CCOC(=O)C(=C)C. The Bertz CT molecular complexity index is 1320. The third-order valence-electron chi connectivity index (χ3n) is 5.62. The molecule has 0 aliphatic carbocycles. The van der Waals surface area contributed by atoms with Gasteiger partial charge in [-0.25, -0.2) is 9.79 Å². The number of aliphatic imine (C=N–C) groups is 1. The lowest BCUT2D eigenvalue weighted by Gasteiger charge is -2.25. The minimum Gasteiger partial charge on any atom is -0.460 e. The van der Waals surface area contributed by atoms with Crippen molar-refractivity contribution >= 4 is 41.0 Å². The molecule has 3 aromatic rings. The number of amides is 1. The van der Waals surface area contributed by atoms with Gasteiger partial charge in [0.05, 0.1) is 13.1 Å². The number of carbonyl (C=O) groups excluding carboxylic acids is 2. The molecule has 1 aliphatic rings. The maximum atomic E-state index is 13.1. The van der Waals surface area contributed by atoms with Gasteiger partial charge in [-0.3, -0.25) is 9.69 Å². The summed E-state index contributed by atoms with van der Waals surface area (Å²) in [5.74, 6) is -0.744. The predicted octanol–water partition coefficient (Wildman–Crippen LogP) is 6.02. The Balaban J connectivity index is 1.56. The monoisotopic (exact) mass is 507 g/mol. The second kappa shape index (κ2) is 12.4. The van der Waals surface area contributed by atoms with Crippen LogP contribution in [0.1, 0.15) is 12.5 Å². The highest BCUT2D eigenvalue weighted by Gasteiger charge is 2.34. The number of amidine groups is 1. The van der Waals surface area contributed by atoms with Gasteiger partial charge >= 0.3 is 12.0 Å². The lowest BCUT2D eigenvalue weighted by Crippen LogP contribution is -2.33. The number of rotatable bonds is 10. The number of hydrogen-bond acceptors (Lipinski definition) is 6. The van der Waals surface area contributed by atoms with Crippen LogP contribution in [0.25, 0.3) is 6.08 Å². The molecule has 1 amide bonds. The normalized spacial score (nSPS) is 14.9. The van der Waals surface area contributed by atoms with Crippen molar-refractivity contribution in [3.63, 3.8) is 0 Å². The second-order valence-electron chi connectivity index (χ2n) is 8.49. The van der Waals surface area contributed by atoms with Gasteiger partial charge in [-0.2, -0.15) is 0 Å². The van der Waals surface area contributed by atoms with E-state index in [1.54, 1.807) is 19.1 Å². The molecule has 1 saturated heterocycles. The fourth-order valence-corrected chi connectivity index (χ4v) is 3.79. The predicted molar refractivity (Wildman–Crippen MR) is 150 cm³/mol. The fourth-order valence-electron chi connectivity index (χ4n) is 3.79. The van der Waals surface area contributed by atoms with Crippen molar-refractivity contribution in [1.82, 2.24) is 4.90 Å². The summed E-state index contributed by atoms with van der Waals surface area (Å²) in [6, 6.07) is 28.2. The lowest BCUT2D eigenvalue weighted by molar-refractivity contribution is -0.140. The van der Waals surface area contributed by atoms with Crippen LogP contribution in [-0.4, -0.2) is 42.5 Å². The van der Waals surface area contributed by atoms with Gasteiger partial charge in [0.25, 0.3) is 5.91 Å². The van der Waals surface area contributed by atoms with E-state index < -0.39 is 5.97 Å². The summed E-state index contributed by atoms with van der Waals surface area (Å²) in [4.78, 5) is 32.6. The Morgan fingerprint density at radius 1 is 0.974 bits per heavy atom. The molecule has 0 atom stereocenters. The van der Waals surface area contributed by atoms with Gasteiger partial charge < -0.3 is 14.4 Å². The maximum Gasteiger partial charge on any atom is 0.333 e. The number of esters is 1. The molecule has 1 heterocycles. The van der Waals surface area contributed by atoms with Crippen molar-refractivity contribution in [2.24, 2.45) is 4.99 Å². The van der Waals surface area contributed by atoms with Gasteiger partial charge in [0, 0.05) is 22.6 Å². The van der Waals surface area contributed by atoms with Crippen molar-refractivity contribution < 1.29 is 19.1 Å². The van der Waals surface area contributed by atoms with Crippen molar-refractivity contribution in [3.05, 3.63) is 121 Å². The van der Waals surface area contributed by atoms with E-state index in [4.69, 9.17) is 9.47 Å². The highest BCUT2D eigenvalue weighted by atomic mass is 16.5. The van der Waals surface area contributed by atoms with Crippen LogP contribution in [-0.2, 0) is 19.1 Å². The fraction of sp³-hybridized carbons (Fsp3) is 0.129. The first kappa shape index (κ1) is 26.2. The Kier molecular flexibility index (Phi) is 8.51. The number of hydrogen-bond donors (Lipinski definition) is 0. The second-order valence-corrected chi connectivity index (χ2v) is 8.49. The van der Waals surface area contributed by atoms with Crippen molar-refractivity contribution in [2.45, 2.75) is 6.92 Å². The van der Waals surface area contributed by atoms with Gasteiger partial charge in [-0.15, -0.1) is 6.58 Å². The summed E-state index contributed by atoms with van der Waals surface area (Å²) in [6.07, 6.45) is 3.27. The number of anilines is 3. The van der Waals surface area contributed by atoms with Crippen LogP contribution in [0.5, 0.6) is 0 Å². The minimum absolute atomic E-state index is 0.00924. The summed E-state index contributed by atoms with van der Waals surface area (Å²) < 4.78 is 10.9. The summed E-state index contributed by atoms with van der Waals surface area (Å²) in [5, 5.41) is 0. The third-order valence-corrected chi connectivity index (χ3v) is 5.62. The molecule has 7 heteroatoms. The van der Waals surface area contributed by atoms with Crippen molar-refractivity contribution in [2.75, 3.05) is 24.6 Å². The van der Waals surface area contributed by atoms with Crippen molar-refractivity contribution in [1.29, 1.82) is 0 Å². The molecule has 192 valence electrons. The van der Waals surface area contributed by atoms with E-state index in [0.717, 1.165) is 22.6 Å². The number of nitrogens with zero attached hydrogens (tertiary/aromatic N) is 3. The molecule has 38 heavy (non-hydrogen) atoms. The van der Waals surface area contributed by atoms with E-state index in [9.17, 15) is 9.59 Å². The van der Waals surface area contributed by atoms with E-state index >= 15 is 0 Å². The Labute approximate surface area is 222 Å². The lowest BCUT2D eigenvalue weighted by atomic mass is 10.1. The first-order valence-electron chi connectivity index (χ1n) is 12.2. The van der Waals surface area contributed by atoms with Crippen LogP contribution in [0.2, 0.25) is 0 Å². The van der Waals surface area contributed by atoms with Crippen LogP contribution in [0, 0.1) is 0 Å². The van der Waals surface area contributed by atoms with Gasteiger partial charge in [-0.1, -0.05) is 61.2 Å². The average Bonchev–Trinajstić information content (AvgIpc) is 3.23. The molecule has 0 aromatic heterocycles. The summed E-state index contributed by atoms with van der Waals surface area (Å²) in [6.45, 7) is 9.16. The Morgan fingerprint density at radius 2 is 1.55 bits per heavy atom. The van der Waals surface area contributed by atoms with Crippen molar-refractivity contribution in [3.8, 4) is 0 Å². The molecule has 0 bridgehead atoms. The zero-order valence-electron chi connectivity index (χ0n) is 21.2. The van der Waals surface area contributed by atoms with E-state index in [0.29, 0.717) is 0 Å². The van der Waals surface area contributed by atoms with Crippen LogP contribution in [0.3, 0.4) is 0 Å². The van der Waals surface area contributed by atoms with Crippen LogP contribution >= 0.6 is 0 Å². The number of benzene rings is 3. The largest absolute Gasteiger partial charge is 0.460 e. The average molecular weight is 508 g/mol. The van der Waals surface area contributed by atoms with E-state index in [2.05, 4.69) is 47.3 Å². The highest BCUT2D eigenvalue weighted by molar-refractivity contribution is 6.11. The molecular weight excluding hydrogens is 478 g/mol. The molecule has 0 unspecified atom stereocenters. The van der Waals surface area contributed by atoms with Crippen LogP contribution in [0.4, 0.5) is 17.1 Å². The van der Waals surface area contributed by atoms with Crippen LogP contribution in [0.15, 0.2) is 120 Å². The van der Waals surface area contributed by atoms with Gasteiger partial charge in [0.2, 0.25) is 0 Å². The standard InChI is InChI=1S/C31H29N3O4/c1-4-19-32-31-33(20-21-37-30(36)23(2)3)29(35)28(38-31)22-24-15-17-27(18-16-24)34(25-11-7-5-8-12-25)26-13-9-6-10-14-26/h4-18,22H,1-2,19-21H2,3H3. The Hall–Kier alpha value is -4.91. The van der Waals surface area contributed by atoms with Crippen LogP contribution < -0.4 is 4.90 Å². The molecule has 7 nitrogen and oxygen atoms in total. The minimum atomic E-state index is -0.516. The van der Waals surface area contributed by atoms with E-state index in [1.807, 2.05) is 60.7 Å². The quantitative estimate of drug-likeness (QED) is 0.191. The van der Waals surface area contributed by atoms with E-state index in [1.165, 1.54) is 4.90 Å². The summed E-state index contributed by atoms with van der Waals surface area (Å²) in [5.41, 5.74) is 4.11. The molecule has 0 spiro atoms. The zero-order valence-corrected chi connectivity index (χ0v) is 21.2. The number of carbonyl (C=O) groups is 2. The molecule has 1 aliphatic heterocycles. The Morgan fingerprint density at radius 3 is 2.11 bits per heavy atom. The number of ether oxygens (including phenoxy) is 2. The first-order chi connectivity index (χ1) is 18.5. The molecular formula is C31H29N3O4. The molecule has 0 radical (unpaired) electrons. The number of para-hydroxylation sites is 2. The smallest absolute Gasteiger partial charge is 0.333 e. The van der Waals surface area contributed by atoms with Gasteiger partial charge in [0.15, 0.2) is 5.76 Å².